The first-order chi connectivity index (χ1) is 15.3. The van der Waals surface area contributed by atoms with Crippen molar-refractivity contribution in [2.24, 2.45) is 0 Å². The highest BCUT2D eigenvalue weighted by Crippen LogP contribution is 2.40. The van der Waals surface area contributed by atoms with E-state index < -0.39 is 0 Å². The maximum Gasteiger partial charge on any atom is 0.253 e. The van der Waals surface area contributed by atoms with Crippen molar-refractivity contribution < 1.29 is 4.79 Å². The van der Waals surface area contributed by atoms with Crippen LogP contribution < -0.4 is 10.6 Å². The van der Waals surface area contributed by atoms with E-state index in [0.29, 0.717) is 23.1 Å². The number of hydrogen-bond acceptors (Lipinski definition) is 5. The predicted molar refractivity (Wildman–Crippen MR) is 120 cm³/mol. The highest BCUT2D eigenvalue weighted by Gasteiger charge is 2.39. The lowest BCUT2D eigenvalue weighted by Crippen LogP contribution is -2.26. The summed E-state index contributed by atoms with van der Waals surface area (Å²) in [6.07, 6.45) is 7.72. The minimum Gasteiger partial charge on any atom is -0.349 e. The molecule has 2 heterocycles. The molecule has 1 fully saturated rings. The molecule has 0 spiro atoms. The zero-order chi connectivity index (χ0) is 21.0. The number of amides is 1. The van der Waals surface area contributed by atoms with E-state index in [0.717, 1.165) is 17.5 Å². The van der Waals surface area contributed by atoms with E-state index in [9.17, 15) is 4.79 Å². The van der Waals surface area contributed by atoms with Crippen LogP contribution in [-0.2, 0) is 0 Å². The molecular weight excluding hydrogens is 386 g/mol. The van der Waals surface area contributed by atoms with Crippen LogP contribution in [0.1, 0.15) is 28.3 Å². The summed E-state index contributed by atoms with van der Waals surface area (Å²) in [5.41, 5.74) is 4.43. The number of carbonyl (C=O) groups excluding carboxylic acids is 1. The lowest BCUT2D eigenvalue weighted by Gasteiger charge is -2.08. The molecule has 5 rings (SSSR count). The summed E-state index contributed by atoms with van der Waals surface area (Å²) in [5, 5.41) is 6.21. The molecule has 2 aromatic heterocycles. The van der Waals surface area contributed by atoms with Crippen LogP contribution in [0.15, 0.2) is 91.5 Å². The molecule has 6 heteroatoms. The summed E-state index contributed by atoms with van der Waals surface area (Å²) in [6, 6.07) is 22.2. The molecule has 0 radical (unpaired) electrons. The molecule has 0 saturated heterocycles. The molecule has 2 aromatic carbocycles. The Morgan fingerprint density at radius 3 is 2.29 bits per heavy atom. The Hall–Kier alpha value is -4.06. The van der Waals surface area contributed by atoms with Crippen molar-refractivity contribution in [3.05, 3.63) is 103 Å². The number of nitrogens with zero attached hydrogens (tertiary/aromatic N) is 3. The highest BCUT2D eigenvalue weighted by molar-refractivity contribution is 5.95. The van der Waals surface area contributed by atoms with Crippen molar-refractivity contribution in [1.29, 1.82) is 0 Å². The fourth-order valence-corrected chi connectivity index (χ4v) is 3.61. The Balaban J connectivity index is 1.23. The molecule has 31 heavy (non-hydrogen) atoms. The molecule has 152 valence electrons. The van der Waals surface area contributed by atoms with Gasteiger partial charge in [0.15, 0.2) is 0 Å². The first-order valence-corrected chi connectivity index (χ1v) is 10.2. The van der Waals surface area contributed by atoms with E-state index in [2.05, 4.69) is 37.7 Å². The third-order valence-corrected chi connectivity index (χ3v) is 5.35. The Labute approximate surface area is 180 Å². The van der Waals surface area contributed by atoms with Gasteiger partial charge in [-0.2, -0.15) is 0 Å². The van der Waals surface area contributed by atoms with E-state index in [4.69, 9.17) is 0 Å². The minimum absolute atomic E-state index is 0.125. The topological polar surface area (TPSA) is 79.8 Å². The molecule has 0 unspecified atom stereocenters. The molecule has 2 N–H and O–H groups in total. The molecule has 1 amide bonds. The van der Waals surface area contributed by atoms with Gasteiger partial charge in [0, 0.05) is 36.1 Å². The van der Waals surface area contributed by atoms with Crippen molar-refractivity contribution in [3.8, 4) is 11.1 Å². The summed E-state index contributed by atoms with van der Waals surface area (Å²) in [5.74, 6) is 0.709. The van der Waals surface area contributed by atoms with Crippen LogP contribution in [0.4, 0.5) is 11.6 Å². The standard InChI is InChI=1S/C25H21N5O/c31-24(30-23-12-22(23)18-9-5-2-6-10-18)19-11-21(16-26-13-19)29-25-27-14-20(15-28-25)17-7-3-1-4-8-17/h1-11,13-16,22-23H,12H2,(H,30,31)(H,27,28,29)/t22-,23+/m0/s1. The second-order valence-electron chi connectivity index (χ2n) is 7.58. The van der Waals surface area contributed by atoms with E-state index in [-0.39, 0.29) is 11.9 Å². The monoisotopic (exact) mass is 407 g/mol. The van der Waals surface area contributed by atoms with E-state index in [1.165, 1.54) is 5.56 Å². The molecule has 6 nitrogen and oxygen atoms in total. The molecule has 1 aliphatic carbocycles. The first kappa shape index (κ1) is 18.9. The fourth-order valence-electron chi connectivity index (χ4n) is 3.61. The van der Waals surface area contributed by atoms with Crippen LogP contribution in [0.2, 0.25) is 0 Å². The van der Waals surface area contributed by atoms with Gasteiger partial charge in [0.1, 0.15) is 0 Å². The zero-order valence-electron chi connectivity index (χ0n) is 16.8. The number of aromatic nitrogens is 3. The van der Waals surface area contributed by atoms with Crippen molar-refractivity contribution in [2.75, 3.05) is 5.32 Å². The molecule has 1 aliphatic rings. The molecule has 0 aliphatic heterocycles. The summed E-state index contributed by atoms with van der Waals surface area (Å²) in [6.45, 7) is 0. The smallest absolute Gasteiger partial charge is 0.253 e. The van der Waals surface area contributed by atoms with Crippen LogP contribution in [0.5, 0.6) is 0 Å². The number of pyridine rings is 1. The maximum absolute atomic E-state index is 12.7. The third kappa shape index (κ3) is 4.43. The lowest BCUT2D eigenvalue weighted by molar-refractivity contribution is 0.0950. The van der Waals surface area contributed by atoms with Gasteiger partial charge in [0.2, 0.25) is 5.95 Å². The number of hydrogen-bond donors (Lipinski definition) is 2. The van der Waals surface area contributed by atoms with Gasteiger partial charge in [0.25, 0.3) is 5.91 Å². The zero-order valence-corrected chi connectivity index (χ0v) is 16.8. The fraction of sp³-hybridized carbons (Fsp3) is 0.120. The van der Waals surface area contributed by atoms with Gasteiger partial charge in [0.05, 0.1) is 17.4 Å². The van der Waals surface area contributed by atoms with E-state index >= 15 is 0 Å². The largest absolute Gasteiger partial charge is 0.349 e. The SMILES string of the molecule is O=C(N[C@@H]1C[C@H]1c1ccccc1)c1cncc(Nc2ncc(-c3ccccc3)cn2)c1. The minimum atomic E-state index is -0.125. The second-order valence-corrected chi connectivity index (χ2v) is 7.58. The Morgan fingerprint density at radius 1 is 0.839 bits per heavy atom. The van der Waals surface area contributed by atoms with E-state index in [1.54, 1.807) is 30.9 Å². The molecule has 2 atom stereocenters. The highest BCUT2D eigenvalue weighted by atomic mass is 16.1. The number of carbonyl (C=O) groups is 1. The van der Waals surface area contributed by atoms with Gasteiger partial charge >= 0.3 is 0 Å². The van der Waals surface area contributed by atoms with Crippen molar-refractivity contribution in [3.63, 3.8) is 0 Å². The van der Waals surface area contributed by atoms with Crippen LogP contribution >= 0.6 is 0 Å². The second kappa shape index (κ2) is 8.36. The summed E-state index contributed by atoms with van der Waals surface area (Å²) < 4.78 is 0. The van der Waals surface area contributed by atoms with Gasteiger partial charge in [-0.3, -0.25) is 9.78 Å². The quantitative estimate of drug-likeness (QED) is 0.489. The Kier molecular flexibility index (Phi) is 5.10. The van der Waals surface area contributed by atoms with Crippen LogP contribution in [0.3, 0.4) is 0 Å². The van der Waals surface area contributed by atoms with Crippen molar-refractivity contribution in [2.45, 2.75) is 18.4 Å². The molecule has 0 bridgehead atoms. The molecule has 4 aromatic rings. The third-order valence-electron chi connectivity index (χ3n) is 5.35. The van der Waals surface area contributed by atoms with Crippen LogP contribution in [0, 0.1) is 0 Å². The van der Waals surface area contributed by atoms with Crippen LogP contribution in [0.25, 0.3) is 11.1 Å². The average molecular weight is 407 g/mol. The number of benzene rings is 2. The van der Waals surface area contributed by atoms with Crippen LogP contribution in [-0.4, -0.2) is 26.9 Å². The van der Waals surface area contributed by atoms with Crippen molar-refractivity contribution in [1.82, 2.24) is 20.3 Å². The maximum atomic E-state index is 12.7. The number of rotatable bonds is 6. The molecular formula is C25H21N5O. The normalized spacial score (nSPS) is 17.0. The summed E-state index contributed by atoms with van der Waals surface area (Å²) in [4.78, 5) is 25.6. The number of anilines is 2. The van der Waals surface area contributed by atoms with Gasteiger partial charge in [-0.25, -0.2) is 9.97 Å². The van der Waals surface area contributed by atoms with Crippen molar-refractivity contribution >= 4 is 17.5 Å². The van der Waals surface area contributed by atoms with Gasteiger partial charge < -0.3 is 10.6 Å². The van der Waals surface area contributed by atoms with Gasteiger partial charge in [-0.1, -0.05) is 60.7 Å². The summed E-state index contributed by atoms with van der Waals surface area (Å²) in [7, 11) is 0. The predicted octanol–water partition coefficient (Wildman–Crippen LogP) is 4.57. The van der Waals surface area contributed by atoms with Gasteiger partial charge in [-0.05, 0) is 23.6 Å². The lowest BCUT2D eigenvalue weighted by atomic mass is 10.1. The summed E-state index contributed by atoms with van der Waals surface area (Å²) >= 11 is 0. The Morgan fingerprint density at radius 2 is 1.55 bits per heavy atom. The molecule has 1 saturated carbocycles. The average Bonchev–Trinajstić information content (AvgIpc) is 3.60. The van der Waals surface area contributed by atoms with Gasteiger partial charge in [-0.15, -0.1) is 0 Å². The Bertz CT molecular complexity index is 1180. The number of nitrogens with one attached hydrogen (secondary N) is 2. The van der Waals surface area contributed by atoms with E-state index in [1.807, 2.05) is 48.5 Å². The first-order valence-electron chi connectivity index (χ1n) is 10.2.